The van der Waals surface area contributed by atoms with Crippen molar-refractivity contribution in [1.29, 1.82) is 0 Å². The lowest BCUT2D eigenvalue weighted by molar-refractivity contribution is -0.122. The lowest BCUT2D eigenvalue weighted by Gasteiger charge is -2.07. The molecule has 1 amide bonds. The van der Waals surface area contributed by atoms with Gasteiger partial charge in [-0.1, -0.05) is 0 Å². The van der Waals surface area contributed by atoms with Crippen LogP contribution in [0.1, 0.15) is 28.4 Å². The summed E-state index contributed by atoms with van der Waals surface area (Å²) in [6, 6.07) is 0. The number of nitrogens with one attached hydrogen (secondary N) is 1. The van der Waals surface area contributed by atoms with Gasteiger partial charge in [-0.2, -0.15) is 0 Å². The van der Waals surface area contributed by atoms with E-state index >= 15 is 0 Å². The van der Waals surface area contributed by atoms with Crippen LogP contribution in [0.4, 0.5) is 0 Å². The molecule has 1 aromatic rings. The van der Waals surface area contributed by atoms with Crippen molar-refractivity contribution in [1.82, 2.24) is 10.3 Å². The summed E-state index contributed by atoms with van der Waals surface area (Å²) in [5.74, 6) is 0.501. The van der Waals surface area contributed by atoms with E-state index in [0.717, 1.165) is 30.3 Å². The van der Waals surface area contributed by atoms with Crippen LogP contribution in [0, 0.1) is 19.8 Å². The Morgan fingerprint density at radius 1 is 1.59 bits per heavy atom. The molecule has 94 valence electrons. The van der Waals surface area contributed by atoms with Crippen LogP contribution in [0.2, 0.25) is 0 Å². The molecule has 2 heterocycles. The lowest BCUT2D eigenvalue weighted by Crippen LogP contribution is -2.25. The number of thiazole rings is 1. The molecule has 0 radical (unpaired) electrons. The molecular weight excluding hydrogens is 236 g/mol. The quantitative estimate of drug-likeness (QED) is 0.891. The first-order valence-electron chi connectivity index (χ1n) is 5.92. The molecule has 0 spiro atoms. The summed E-state index contributed by atoms with van der Waals surface area (Å²) in [6.07, 6.45) is 1.58. The van der Waals surface area contributed by atoms with E-state index < -0.39 is 0 Å². The van der Waals surface area contributed by atoms with Crippen LogP contribution in [0.15, 0.2) is 0 Å². The van der Waals surface area contributed by atoms with Gasteiger partial charge in [0.15, 0.2) is 0 Å². The predicted octanol–water partition coefficient (Wildman–Crippen LogP) is 1.80. The number of hydrogen-bond acceptors (Lipinski definition) is 4. The van der Waals surface area contributed by atoms with Gasteiger partial charge in [0.2, 0.25) is 5.91 Å². The maximum absolute atomic E-state index is 11.7. The molecule has 0 unspecified atom stereocenters. The minimum atomic E-state index is 0.103. The van der Waals surface area contributed by atoms with E-state index in [-0.39, 0.29) is 5.91 Å². The molecule has 1 saturated heterocycles. The number of aryl methyl sites for hydroxylation is 2. The Kier molecular flexibility index (Phi) is 4.12. The molecule has 1 atom stereocenters. The molecule has 0 aromatic carbocycles. The number of hydrogen-bond donors (Lipinski definition) is 1. The monoisotopic (exact) mass is 254 g/mol. The van der Waals surface area contributed by atoms with Crippen molar-refractivity contribution in [2.24, 2.45) is 5.92 Å². The molecule has 0 saturated carbocycles. The van der Waals surface area contributed by atoms with Crippen LogP contribution in [0.5, 0.6) is 0 Å². The maximum atomic E-state index is 11.7. The summed E-state index contributed by atoms with van der Waals surface area (Å²) in [5, 5.41) is 3.90. The minimum absolute atomic E-state index is 0.103. The number of carbonyl (C=O) groups is 1. The highest BCUT2D eigenvalue weighted by Gasteiger charge is 2.19. The van der Waals surface area contributed by atoms with Gasteiger partial charge >= 0.3 is 0 Å². The zero-order valence-electron chi connectivity index (χ0n) is 10.3. The standard InChI is InChI=1S/C12H18N2O2S/c1-8-9(2)17-12(14-8)6-13-11(15)5-10-3-4-16-7-10/h10H,3-7H2,1-2H3,(H,13,15)/t10-/m1/s1. The molecule has 4 nitrogen and oxygen atoms in total. The summed E-state index contributed by atoms with van der Waals surface area (Å²) in [6.45, 7) is 6.11. The zero-order valence-corrected chi connectivity index (χ0v) is 11.1. The van der Waals surface area contributed by atoms with Gasteiger partial charge in [0.1, 0.15) is 5.01 Å². The Morgan fingerprint density at radius 2 is 2.41 bits per heavy atom. The molecule has 1 aliphatic rings. The Morgan fingerprint density at radius 3 is 3.00 bits per heavy atom. The van der Waals surface area contributed by atoms with Crippen molar-refractivity contribution >= 4 is 17.2 Å². The number of amides is 1. The summed E-state index contributed by atoms with van der Waals surface area (Å²) in [7, 11) is 0. The van der Waals surface area contributed by atoms with Gasteiger partial charge in [-0.3, -0.25) is 4.79 Å². The Hall–Kier alpha value is -0.940. The SMILES string of the molecule is Cc1nc(CNC(=O)C[C@H]2CCOC2)sc1C. The van der Waals surface area contributed by atoms with E-state index in [9.17, 15) is 4.79 Å². The fraction of sp³-hybridized carbons (Fsp3) is 0.667. The highest BCUT2D eigenvalue weighted by Crippen LogP contribution is 2.17. The topological polar surface area (TPSA) is 51.2 Å². The van der Waals surface area contributed by atoms with Crippen LogP contribution < -0.4 is 5.32 Å². The molecule has 1 N–H and O–H groups in total. The molecule has 17 heavy (non-hydrogen) atoms. The van der Waals surface area contributed by atoms with Gasteiger partial charge in [0.05, 0.1) is 12.2 Å². The van der Waals surface area contributed by atoms with Crippen LogP contribution in [-0.4, -0.2) is 24.1 Å². The predicted molar refractivity (Wildman–Crippen MR) is 67.0 cm³/mol. The van der Waals surface area contributed by atoms with Crippen LogP contribution >= 0.6 is 11.3 Å². The van der Waals surface area contributed by atoms with Crippen LogP contribution in [0.25, 0.3) is 0 Å². The van der Waals surface area contributed by atoms with E-state index in [1.165, 1.54) is 4.88 Å². The Labute approximate surface area is 105 Å². The lowest BCUT2D eigenvalue weighted by atomic mass is 10.1. The van der Waals surface area contributed by atoms with E-state index in [4.69, 9.17) is 4.74 Å². The summed E-state index contributed by atoms with van der Waals surface area (Å²) in [5.41, 5.74) is 1.06. The largest absolute Gasteiger partial charge is 0.381 e. The van der Waals surface area contributed by atoms with Crippen molar-refractivity contribution in [3.05, 3.63) is 15.6 Å². The third kappa shape index (κ3) is 3.51. The minimum Gasteiger partial charge on any atom is -0.381 e. The van der Waals surface area contributed by atoms with Gasteiger partial charge in [0, 0.05) is 24.5 Å². The summed E-state index contributed by atoms with van der Waals surface area (Å²) < 4.78 is 5.25. The number of carbonyl (C=O) groups excluding carboxylic acids is 1. The van der Waals surface area contributed by atoms with Crippen molar-refractivity contribution in [3.63, 3.8) is 0 Å². The number of aromatic nitrogens is 1. The Bertz CT molecular complexity index is 378. The number of nitrogens with zero attached hydrogens (tertiary/aromatic N) is 1. The maximum Gasteiger partial charge on any atom is 0.220 e. The summed E-state index contributed by atoms with van der Waals surface area (Å²) >= 11 is 1.65. The van der Waals surface area contributed by atoms with Gasteiger partial charge in [-0.05, 0) is 26.2 Å². The van der Waals surface area contributed by atoms with Gasteiger partial charge in [-0.15, -0.1) is 11.3 Å². The van der Waals surface area contributed by atoms with Gasteiger partial charge < -0.3 is 10.1 Å². The second-order valence-electron chi connectivity index (χ2n) is 4.46. The van der Waals surface area contributed by atoms with E-state index in [1.54, 1.807) is 11.3 Å². The Balaban J connectivity index is 1.75. The summed E-state index contributed by atoms with van der Waals surface area (Å²) in [4.78, 5) is 17.3. The average molecular weight is 254 g/mol. The number of rotatable bonds is 4. The second kappa shape index (κ2) is 5.60. The zero-order chi connectivity index (χ0) is 12.3. The third-order valence-electron chi connectivity index (χ3n) is 3.01. The van der Waals surface area contributed by atoms with Crippen LogP contribution in [-0.2, 0) is 16.1 Å². The number of ether oxygens (including phenoxy) is 1. The normalized spacial score (nSPS) is 19.5. The fourth-order valence-electron chi connectivity index (χ4n) is 1.87. The molecule has 1 aliphatic heterocycles. The fourth-order valence-corrected chi connectivity index (χ4v) is 2.74. The van der Waals surface area contributed by atoms with Gasteiger partial charge in [-0.25, -0.2) is 4.98 Å². The molecule has 0 bridgehead atoms. The average Bonchev–Trinajstić information content (AvgIpc) is 2.87. The first kappa shape index (κ1) is 12.5. The van der Waals surface area contributed by atoms with Crippen molar-refractivity contribution in [3.8, 4) is 0 Å². The van der Waals surface area contributed by atoms with E-state index in [2.05, 4.69) is 10.3 Å². The highest BCUT2D eigenvalue weighted by molar-refractivity contribution is 7.11. The van der Waals surface area contributed by atoms with Crippen molar-refractivity contribution in [2.75, 3.05) is 13.2 Å². The van der Waals surface area contributed by atoms with E-state index in [1.807, 2.05) is 13.8 Å². The second-order valence-corrected chi connectivity index (χ2v) is 5.75. The molecule has 1 fully saturated rings. The van der Waals surface area contributed by atoms with Gasteiger partial charge in [0.25, 0.3) is 0 Å². The van der Waals surface area contributed by atoms with E-state index in [0.29, 0.717) is 18.9 Å². The van der Waals surface area contributed by atoms with Crippen LogP contribution in [0.3, 0.4) is 0 Å². The smallest absolute Gasteiger partial charge is 0.220 e. The molecule has 5 heteroatoms. The van der Waals surface area contributed by atoms with Crippen molar-refractivity contribution in [2.45, 2.75) is 33.2 Å². The third-order valence-corrected chi connectivity index (χ3v) is 4.08. The molecule has 1 aromatic heterocycles. The first-order valence-corrected chi connectivity index (χ1v) is 6.74. The highest BCUT2D eigenvalue weighted by atomic mass is 32.1. The molecule has 0 aliphatic carbocycles. The van der Waals surface area contributed by atoms with Crippen molar-refractivity contribution < 1.29 is 9.53 Å². The molecule has 2 rings (SSSR count). The first-order chi connectivity index (χ1) is 8.15. The molecular formula is C12H18N2O2S.